The molecule has 2 bridgehead atoms. The molecule has 2 amide bonds. The summed E-state index contributed by atoms with van der Waals surface area (Å²) in [5, 5.41) is 3.47. The van der Waals surface area contributed by atoms with Crippen molar-refractivity contribution in [3.63, 3.8) is 0 Å². The zero-order chi connectivity index (χ0) is 26.4. The number of rotatable bonds is 5. The van der Waals surface area contributed by atoms with Crippen LogP contribution in [0.2, 0.25) is 5.02 Å². The van der Waals surface area contributed by atoms with Gasteiger partial charge < -0.3 is 19.1 Å². The van der Waals surface area contributed by atoms with Gasteiger partial charge in [-0.2, -0.15) is 0 Å². The Morgan fingerprint density at radius 3 is 2.87 bits per heavy atom. The first-order valence-electron chi connectivity index (χ1n) is 12.6. The van der Waals surface area contributed by atoms with E-state index in [0.29, 0.717) is 41.3 Å². The molecule has 6 heterocycles. The Bertz CT molecular complexity index is 1390. The highest BCUT2D eigenvalue weighted by molar-refractivity contribution is 6.33. The molecule has 3 aliphatic rings. The summed E-state index contributed by atoms with van der Waals surface area (Å²) in [6.07, 6.45) is 4.00. The molecule has 11 heteroatoms. The highest BCUT2D eigenvalue weighted by Gasteiger charge is 2.41. The molecule has 198 valence electrons. The highest BCUT2D eigenvalue weighted by Crippen LogP contribution is 2.43. The molecular weight excluding hydrogens is 508 g/mol. The maximum atomic E-state index is 13.7. The molecular formula is C27H29ClN6O4. The topological polar surface area (TPSA) is 102 Å². The number of halogens is 1. The number of aromatic nitrogens is 3. The van der Waals surface area contributed by atoms with Crippen LogP contribution in [0.3, 0.4) is 0 Å². The minimum Gasteiger partial charge on any atom is -0.491 e. The minimum absolute atomic E-state index is 0.00879. The fourth-order valence-corrected chi connectivity index (χ4v) is 5.41. The van der Waals surface area contributed by atoms with Crippen molar-refractivity contribution in [2.75, 3.05) is 41.4 Å². The molecule has 0 radical (unpaired) electrons. The van der Waals surface area contributed by atoms with Crippen LogP contribution in [0.25, 0.3) is 11.3 Å². The van der Waals surface area contributed by atoms with Crippen molar-refractivity contribution < 1.29 is 19.0 Å². The van der Waals surface area contributed by atoms with Crippen LogP contribution in [0.15, 0.2) is 42.7 Å². The number of hydrogen-bond donors (Lipinski definition) is 1. The third-order valence-electron chi connectivity index (χ3n) is 6.89. The quantitative estimate of drug-likeness (QED) is 0.502. The first-order valence-corrected chi connectivity index (χ1v) is 13.0. The molecule has 0 spiro atoms. The van der Waals surface area contributed by atoms with Crippen molar-refractivity contribution in [1.82, 2.24) is 15.0 Å². The monoisotopic (exact) mass is 536 g/mol. The molecule has 3 aromatic rings. The Morgan fingerprint density at radius 1 is 1.24 bits per heavy atom. The number of pyridine rings is 3. The second kappa shape index (κ2) is 9.68. The Hall–Kier alpha value is -3.47. The zero-order valence-electron chi connectivity index (χ0n) is 21.5. The maximum absolute atomic E-state index is 13.7. The maximum Gasteiger partial charge on any atom is 0.329 e. The van der Waals surface area contributed by atoms with E-state index >= 15 is 0 Å². The van der Waals surface area contributed by atoms with Crippen molar-refractivity contribution >= 4 is 35.0 Å². The number of urea groups is 1. The summed E-state index contributed by atoms with van der Waals surface area (Å²) >= 11 is 6.68. The van der Waals surface area contributed by atoms with E-state index in [1.807, 2.05) is 39.0 Å². The van der Waals surface area contributed by atoms with Crippen LogP contribution in [-0.4, -0.2) is 65.2 Å². The van der Waals surface area contributed by atoms with Gasteiger partial charge in [0.2, 0.25) is 0 Å². The van der Waals surface area contributed by atoms with Gasteiger partial charge in [-0.05, 0) is 51.5 Å². The summed E-state index contributed by atoms with van der Waals surface area (Å²) < 4.78 is 17.3. The standard InChI is InChI=1S/C27H29ClN6O4/c1-16-10-17(4-7-29-16)24-21(28)12-22-25(32-24)34(18-6-9-33(22)13-18)26(35)31-23-11-19(5-8-30-23)36-14-20-15-37-27(2,3)38-20/h4-5,7-8,10-12,18,20H,6,9,13-15H2,1-3H3,(H,30,31,35)/t18-,20-/m0/s1. The Balaban J connectivity index is 1.23. The molecule has 0 aromatic carbocycles. The van der Waals surface area contributed by atoms with E-state index in [4.69, 9.17) is 30.8 Å². The zero-order valence-corrected chi connectivity index (χ0v) is 22.2. The number of fused-ring (bicyclic) bond motifs is 4. The fourth-order valence-electron chi connectivity index (χ4n) is 5.15. The largest absolute Gasteiger partial charge is 0.491 e. The fraction of sp³-hybridized carbons (Fsp3) is 0.407. The van der Waals surface area contributed by atoms with E-state index in [0.717, 1.165) is 36.5 Å². The molecule has 1 N–H and O–H groups in total. The van der Waals surface area contributed by atoms with Gasteiger partial charge in [0.25, 0.3) is 0 Å². The van der Waals surface area contributed by atoms with E-state index in [9.17, 15) is 4.79 Å². The van der Waals surface area contributed by atoms with E-state index < -0.39 is 5.79 Å². The number of ether oxygens (including phenoxy) is 3. The second-order valence-electron chi connectivity index (χ2n) is 10.2. The van der Waals surface area contributed by atoms with Crippen LogP contribution in [0.5, 0.6) is 5.75 Å². The van der Waals surface area contributed by atoms with Gasteiger partial charge in [0.1, 0.15) is 24.3 Å². The molecule has 0 unspecified atom stereocenters. The lowest BCUT2D eigenvalue weighted by Gasteiger charge is -2.36. The number of aryl methyl sites for hydroxylation is 1. The molecule has 6 rings (SSSR count). The molecule has 2 atom stereocenters. The number of amides is 2. The van der Waals surface area contributed by atoms with Crippen LogP contribution in [0.4, 0.5) is 22.1 Å². The average Bonchev–Trinajstić information content (AvgIpc) is 3.46. The van der Waals surface area contributed by atoms with Crippen LogP contribution < -0.4 is 19.9 Å². The van der Waals surface area contributed by atoms with E-state index in [1.165, 1.54) is 0 Å². The summed E-state index contributed by atoms with van der Waals surface area (Å²) in [7, 11) is 0. The number of carbonyl (C=O) groups excluding carboxylic acids is 1. The van der Waals surface area contributed by atoms with Gasteiger partial charge in [0.15, 0.2) is 11.6 Å². The van der Waals surface area contributed by atoms with Gasteiger partial charge in [-0.3, -0.25) is 15.2 Å². The number of nitrogens with zero attached hydrogens (tertiary/aromatic N) is 5. The van der Waals surface area contributed by atoms with E-state index in [2.05, 4.69) is 20.2 Å². The van der Waals surface area contributed by atoms with Crippen molar-refractivity contribution in [3.8, 4) is 17.0 Å². The lowest BCUT2D eigenvalue weighted by atomic mass is 10.1. The van der Waals surface area contributed by atoms with Crippen molar-refractivity contribution in [3.05, 3.63) is 53.4 Å². The smallest absolute Gasteiger partial charge is 0.329 e. The summed E-state index contributed by atoms with van der Waals surface area (Å²) in [4.78, 5) is 31.1. The molecule has 0 saturated carbocycles. The predicted molar refractivity (Wildman–Crippen MR) is 144 cm³/mol. The van der Waals surface area contributed by atoms with Gasteiger partial charge in [0.05, 0.1) is 29.1 Å². The molecule has 10 nitrogen and oxygen atoms in total. The number of carbonyl (C=O) groups is 1. The number of anilines is 3. The first-order chi connectivity index (χ1) is 18.3. The third kappa shape index (κ3) is 4.87. The molecule has 3 aliphatic heterocycles. The number of hydrogen-bond acceptors (Lipinski definition) is 8. The SMILES string of the molecule is Cc1cc(-c2nc3c(cc2Cl)N2CC[C@@H](C2)N3C(=O)Nc2cc(OC[C@H]3COC(C)(C)O3)ccn2)ccn1. The number of nitrogens with one attached hydrogen (secondary N) is 1. The second-order valence-corrected chi connectivity index (χ2v) is 10.6. The lowest BCUT2D eigenvalue weighted by Crippen LogP contribution is -2.48. The van der Waals surface area contributed by atoms with Crippen molar-refractivity contribution in [2.24, 2.45) is 0 Å². The highest BCUT2D eigenvalue weighted by atomic mass is 35.5. The molecule has 38 heavy (non-hydrogen) atoms. The average molecular weight is 537 g/mol. The van der Waals surface area contributed by atoms with Crippen molar-refractivity contribution in [2.45, 2.75) is 45.1 Å². The lowest BCUT2D eigenvalue weighted by molar-refractivity contribution is -0.141. The summed E-state index contributed by atoms with van der Waals surface area (Å²) in [6.45, 7) is 8.02. The molecule has 0 aliphatic carbocycles. The third-order valence-corrected chi connectivity index (χ3v) is 7.18. The van der Waals surface area contributed by atoms with E-state index in [-0.39, 0.29) is 18.2 Å². The normalized spacial score (nSPS) is 21.4. The van der Waals surface area contributed by atoms with E-state index in [1.54, 1.807) is 29.4 Å². The van der Waals surface area contributed by atoms with Gasteiger partial charge in [-0.15, -0.1) is 0 Å². The molecule has 3 aromatic heterocycles. The van der Waals surface area contributed by atoms with Gasteiger partial charge >= 0.3 is 6.03 Å². The Kier molecular flexibility index (Phi) is 6.33. The van der Waals surface area contributed by atoms with Crippen molar-refractivity contribution in [1.29, 1.82) is 0 Å². The Morgan fingerprint density at radius 2 is 2.08 bits per heavy atom. The molecule has 2 fully saturated rings. The Labute approximate surface area is 225 Å². The van der Waals surface area contributed by atoms with Crippen LogP contribution in [0.1, 0.15) is 26.0 Å². The van der Waals surface area contributed by atoms with Gasteiger partial charge in [0, 0.05) is 42.8 Å². The van der Waals surface area contributed by atoms with Gasteiger partial charge in [-0.1, -0.05) is 11.6 Å². The van der Waals surface area contributed by atoms with Gasteiger partial charge in [-0.25, -0.2) is 14.8 Å². The summed E-state index contributed by atoms with van der Waals surface area (Å²) in [6, 6.07) is 8.84. The van der Waals surface area contributed by atoms with Crippen LogP contribution in [-0.2, 0) is 9.47 Å². The predicted octanol–water partition coefficient (Wildman–Crippen LogP) is 4.66. The minimum atomic E-state index is -0.611. The summed E-state index contributed by atoms with van der Waals surface area (Å²) in [5.74, 6) is 0.936. The first kappa shape index (κ1) is 24.8. The van der Waals surface area contributed by atoms with Crippen LogP contribution >= 0.6 is 11.6 Å². The molecule has 2 saturated heterocycles. The van der Waals surface area contributed by atoms with Crippen LogP contribution in [0, 0.1) is 6.92 Å². The summed E-state index contributed by atoms with van der Waals surface area (Å²) in [5.41, 5.74) is 3.18.